The Labute approximate surface area is 208 Å². The number of rotatable bonds is 7. The normalized spacial score (nSPS) is 17.5. The van der Waals surface area contributed by atoms with Gasteiger partial charge in [0.05, 0.1) is 29.3 Å². The number of aromatic nitrogens is 3. The number of hydrogen-bond donors (Lipinski definition) is 1. The van der Waals surface area contributed by atoms with Gasteiger partial charge in [-0.2, -0.15) is 0 Å². The first-order valence-corrected chi connectivity index (χ1v) is 12.4. The first-order valence-electron chi connectivity index (χ1n) is 11.6. The summed E-state index contributed by atoms with van der Waals surface area (Å²) < 4.78 is 6.15. The maximum atomic E-state index is 12.4. The third kappa shape index (κ3) is 5.55. The van der Waals surface area contributed by atoms with Crippen LogP contribution in [0.4, 0.5) is 11.6 Å². The fraction of sp³-hybridized carbons (Fsp3) is 0.259. The highest BCUT2D eigenvalue weighted by atomic mass is 32.1. The van der Waals surface area contributed by atoms with E-state index in [4.69, 9.17) is 9.72 Å². The number of ether oxygens (including phenoxy) is 1. The summed E-state index contributed by atoms with van der Waals surface area (Å²) in [6.45, 7) is 4.74. The van der Waals surface area contributed by atoms with Gasteiger partial charge in [0.1, 0.15) is 16.6 Å². The number of pyridine rings is 2. The Morgan fingerprint density at radius 3 is 2.77 bits per heavy atom. The van der Waals surface area contributed by atoms with Gasteiger partial charge < -0.3 is 15.0 Å². The maximum absolute atomic E-state index is 12.4. The highest BCUT2D eigenvalue weighted by molar-refractivity contribution is 7.15. The Bertz CT molecular complexity index is 1310. The van der Waals surface area contributed by atoms with Crippen molar-refractivity contribution in [2.75, 3.05) is 11.9 Å². The Kier molecular flexibility index (Phi) is 6.83. The van der Waals surface area contributed by atoms with Crippen LogP contribution < -0.4 is 5.32 Å². The molecule has 8 heteroatoms. The summed E-state index contributed by atoms with van der Waals surface area (Å²) in [6.07, 6.45) is 4.32. The summed E-state index contributed by atoms with van der Waals surface area (Å²) in [5.41, 5.74) is 3.08. The van der Waals surface area contributed by atoms with E-state index in [2.05, 4.69) is 15.3 Å². The predicted octanol–water partition coefficient (Wildman–Crippen LogP) is 5.53. The van der Waals surface area contributed by atoms with E-state index >= 15 is 0 Å². The van der Waals surface area contributed by atoms with E-state index in [0.29, 0.717) is 13.2 Å². The summed E-state index contributed by atoms with van der Waals surface area (Å²) in [6, 6.07) is 19.8. The van der Waals surface area contributed by atoms with Crippen LogP contribution in [0.1, 0.15) is 35.5 Å². The molecule has 0 saturated carbocycles. The van der Waals surface area contributed by atoms with Crippen LogP contribution in [0.3, 0.4) is 0 Å². The largest absolute Gasteiger partial charge is 0.372 e. The van der Waals surface area contributed by atoms with Crippen molar-refractivity contribution in [3.63, 3.8) is 0 Å². The molecule has 1 N–H and O–H groups in total. The molecule has 0 aliphatic carbocycles. The highest BCUT2D eigenvalue weighted by Gasteiger charge is 2.37. The zero-order chi connectivity index (χ0) is 24.2. The summed E-state index contributed by atoms with van der Waals surface area (Å²) in [4.78, 5) is 29.0. The molecule has 1 fully saturated rings. The molecular weight excluding hydrogens is 458 g/mol. The van der Waals surface area contributed by atoms with Gasteiger partial charge in [0.2, 0.25) is 5.91 Å². The molecule has 1 amide bonds. The first kappa shape index (κ1) is 23.1. The minimum atomic E-state index is -0.0928. The molecule has 178 valence electrons. The number of hydrogen-bond acceptors (Lipinski definition) is 7. The molecule has 4 heterocycles. The molecule has 3 aromatic heterocycles. The summed E-state index contributed by atoms with van der Waals surface area (Å²) >= 11 is 1.57. The molecule has 1 aliphatic heterocycles. The summed E-state index contributed by atoms with van der Waals surface area (Å²) in [5, 5.41) is 4.17. The summed E-state index contributed by atoms with van der Waals surface area (Å²) in [7, 11) is 0. The highest BCUT2D eigenvalue weighted by Crippen LogP contribution is 2.38. The van der Waals surface area contributed by atoms with Crippen LogP contribution in [0.2, 0.25) is 0 Å². The Balaban J connectivity index is 1.30. The van der Waals surface area contributed by atoms with E-state index in [-0.39, 0.29) is 18.1 Å². The van der Waals surface area contributed by atoms with Crippen LogP contribution in [-0.2, 0) is 16.1 Å². The number of aryl methyl sites for hydroxylation is 1. The number of nitrogens with zero attached hydrogens (tertiary/aromatic N) is 4. The van der Waals surface area contributed by atoms with Crippen LogP contribution >= 0.6 is 11.3 Å². The molecule has 1 aromatic carbocycles. The second kappa shape index (κ2) is 10.3. The minimum Gasteiger partial charge on any atom is -0.372 e. The van der Waals surface area contributed by atoms with Crippen LogP contribution in [-0.4, -0.2) is 38.4 Å². The molecule has 0 radical (unpaired) electrons. The molecule has 35 heavy (non-hydrogen) atoms. The second-order valence-corrected chi connectivity index (χ2v) is 9.72. The SMILES string of the molecule is CC(=O)N1C[C@H](OCc2ccccc2)C[C@H]1c1ncc(-c2cccc(Nc3cc(C)ccn3)n2)s1. The lowest BCUT2D eigenvalue weighted by Gasteiger charge is -2.20. The van der Waals surface area contributed by atoms with Crippen molar-refractivity contribution in [1.82, 2.24) is 19.9 Å². The van der Waals surface area contributed by atoms with Gasteiger partial charge >= 0.3 is 0 Å². The standard InChI is InChI=1S/C27H27N5O2S/c1-18-11-12-28-26(13-18)31-25-10-6-9-22(30-25)24-15-29-27(35-24)23-14-21(16-32(23)19(2)33)34-17-20-7-4-3-5-8-20/h3-13,15,21,23H,14,16-17H2,1-2H3,(H,28,30,31)/t21-,23+/m1/s1. The van der Waals surface area contributed by atoms with E-state index in [0.717, 1.165) is 44.8 Å². The van der Waals surface area contributed by atoms with Crippen molar-refractivity contribution < 1.29 is 9.53 Å². The average molecular weight is 486 g/mol. The minimum absolute atomic E-state index is 0.0241. The van der Waals surface area contributed by atoms with Gasteiger partial charge in [-0.05, 0) is 42.3 Å². The van der Waals surface area contributed by atoms with E-state index in [9.17, 15) is 4.79 Å². The van der Waals surface area contributed by atoms with Crippen LogP contribution in [0, 0.1) is 6.92 Å². The molecule has 0 spiro atoms. The van der Waals surface area contributed by atoms with E-state index < -0.39 is 0 Å². The van der Waals surface area contributed by atoms with E-state index in [1.54, 1.807) is 24.5 Å². The van der Waals surface area contributed by atoms with Crippen molar-refractivity contribution >= 4 is 28.9 Å². The smallest absolute Gasteiger partial charge is 0.220 e. The number of thiazole rings is 1. The Hall–Kier alpha value is -3.62. The zero-order valence-electron chi connectivity index (χ0n) is 19.7. The first-order chi connectivity index (χ1) is 17.0. The van der Waals surface area contributed by atoms with Crippen molar-refractivity contribution in [2.45, 2.75) is 39.0 Å². The quantitative estimate of drug-likeness (QED) is 0.371. The monoisotopic (exact) mass is 485 g/mol. The fourth-order valence-corrected chi connectivity index (χ4v) is 5.24. The maximum Gasteiger partial charge on any atom is 0.220 e. The third-order valence-electron chi connectivity index (χ3n) is 5.98. The van der Waals surface area contributed by atoms with Crippen molar-refractivity contribution in [3.8, 4) is 10.6 Å². The number of amides is 1. The zero-order valence-corrected chi connectivity index (χ0v) is 20.5. The van der Waals surface area contributed by atoms with Gasteiger partial charge in [0.25, 0.3) is 0 Å². The van der Waals surface area contributed by atoms with Crippen molar-refractivity contribution in [2.24, 2.45) is 0 Å². The van der Waals surface area contributed by atoms with Gasteiger partial charge in [-0.1, -0.05) is 36.4 Å². The molecule has 0 unspecified atom stereocenters. The van der Waals surface area contributed by atoms with Crippen LogP contribution in [0.5, 0.6) is 0 Å². The van der Waals surface area contributed by atoms with Gasteiger partial charge in [0.15, 0.2) is 0 Å². The fourth-order valence-electron chi connectivity index (χ4n) is 4.23. The average Bonchev–Trinajstić information content (AvgIpc) is 3.51. The molecule has 4 aromatic rings. The second-order valence-electron chi connectivity index (χ2n) is 8.66. The number of carbonyl (C=O) groups excluding carboxylic acids is 1. The summed E-state index contributed by atoms with van der Waals surface area (Å²) in [5.74, 6) is 1.51. The van der Waals surface area contributed by atoms with Gasteiger partial charge in [0, 0.05) is 32.3 Å². The topological polar surface area (TPSA) is 80.2 Å². The molecule has 7 nitrogen and oxygen atoms in total. The molecule has 2 atom stereocenters. The molecule has 0 bridgehead atoms. The molecule has 5 rings (SSSR count). The Morgan fingerprint density at radius 1 is 1.11 bits per heavy atom. The molecule has 1 saturated heterocycles. The van der Waals surface area contributed by atoms with Crippen molar-refractivity contribution in [1.29, 1.82) is 0 Å². The lowest BCUT2D eigenvalue weighted by Crippen LogP contribution is -2.29. The van der Waals surface area contributed by atoms with Gasteiger partial charge in [-0.25, -0.2) is 15.0 Å². The number of anilines is 2. The van der Waals surface area contributed by atoms with E-state index in [1.165, 1.54) is 0 Å². The van der Waals surface area contributed by atoms with Gasteiger partial charge in [-0.15, -0.1) is 11.3 Å². The molecule has 1 aliphatic rings. The lowest BCUT2D eigenvalue weighted by atomic mass is 10.2. The molecular formula is C27H27N5O2S. The van der Waals surface area contributed by atoms with Gasteiger partial charge in [-0.3, -0.25) is 4.79 Å². The number of benzene rings is 1. The Morgan fingerprint density at radius 2 is 1.97 bits per heavy atom. The van der Waals surface area contributed by atoms with Crippen molar-refractivity contribution in [3.05, 3.63) is 89.2 Å². The predicted molar refractivity (Wildman–Crippen MR) is 137 cm³/mol. The lowest BCUT2D eigenvalue weighted by molar-refractivity contribution is -0.130. The van der Waals surface area contributed by atoms with Crippen LogP contribution in [0.25, 0.3) is 10.6 Å². The van der Waals surface area contributed by atoms with E-state index in [1.807, 2.05) is 78.7 Å². The number of likely N-dealkylation sites (tertiary alicyclic amines) is 1. The number of nitrogens with one attached hydrogen (secondary N) is 1. The third-order valence-corrected chi connectivity index (χ3v) is 7.10. The van der Waals surface area contributed by atoms with Crippen LogP contribution in [0.15, 0.2) is 73.1 Å². The number of carbonyl (C=O) groups is 1.